The van der Waals surface area contributed by atoms with E-state index in [1.54, 1.807) is 0 Å². The predicted molar refractivity (Wildman–Crippen MR) is 214 cm³/mol. The number of aliphatic hydroxyl groups is 4. The van der Waals surface area contributed by atoms with Crippen LogP contribution in [0.25, 0.3) is 0 Å². The number of allylic oxidation sites excluding steroid dienone is 12. The average Bonchev–Trinajstić information content (AvgIpc) is 3.16. The van der Waals surface area contributed by atoms with Crippen LogP contribution in [0, 0.1) is 0 Å². The van der Waals surface area contributed by atoms with E-state index in [2.05, 4.69) is 86.8 Å². The normalized spacial score (nSPS) is 21.8. The van der Waals surface area contributed by atoms with E-state index in [0.717, 1.165) is 70.6 Å². The van der Waals surface area contributed by atoms with Crippen molar-refractivity contribution < 1.29 is 44.2 Å². The van der Waals surface area contributed by atoms with Gasteiger partial charge in [-0.3, -0.25) is 4.79 Å². The van der Waals surface area contributed by atoms with E-state index in [9.17, 15) is 25.2 Å². The van der Waals surface area contributed by atoms with Gasteiger partial charge in [0.05, 0.1) is 19.8 Å². The second-order valence-corrected chi connectivity index (χ2v) is 13.7. The van der Waals surface area contributed by atoms with Crippen molar-refractivity contribution in [3.63, 3.8) is 0 Å². The second-order valence-electron chi connectivity index (χ2n) is 13.7. The lowest BCUT2D eigenvalue weighted by atomic mass is 9.99. The first kappa shape index (κ1) is 48.6. The van der Waals surface area contributed by atoms with Crippen LogP contribution in [0.5, 0.6) is 0 Å². The summed E-state index contributed by atoms with van der Waals surface area (Å²) >= 11 is 0. The molecule has 1 rings (SSSR count). The Kier molecular flexibility index (Phi) is 32.4. The van der Waals surface area contributed by atoms with E-state index in [1.165, 1.54) is 38.5 Å². The molecule has 0 aliphatic carbocycles. The molecule has 1 aliphatic heterocycles. The summed E-state index contributed by atoms with van der Waals surface area (Å²) in [6.45, 7) is 4.30. The van der Waals surface area contributed by atoms with Gasteiger partial charge in [-0.2, -0.15) is 0 Å². The first-order valence-corrected chi connectivity index (χ1v) is 20.5. The van der Waals surface area contributed by atoms with Crippen molar-refractivity contribution in [2.45, 2.75) is 173 Å². The molecular formula is C44H74O9. The Morgan fingerprint density at radius 3 is 1.74 bits per heavy atom. The highest BCUT2D eigenvalue weighted by Crippen LogP contribution is 2.22. The van der Waals surface area contributed by atoms with E-state index in [1.807, 2.05) is 0 Å². The molecule has 4 N–H and O–H groups in total. The zero-order chi connectivity index (χ0) is 38.6. The Labute approximate surface area is 321 Å². The van der Waals surface area contributed by atoms with Gasteiger partial charge in [-0.15, -0.1) is 0 Å². The van der Waals surface area contributed by atoms with E-state index in [-0.39, 0.29) is 25.6 Å². The Morgan fingerprint density at radius 2 is 1.15 bits per heavy atom. The van der Waals surface area contributed by atoms with E-state index in [0.29, 0.717) is 13.0 Å². The van der Waals surface area contributed by atoms with Crippen LogP contribution in [-0.2, 0) is 23.7 Å². The molecule has 0 amide bonds. The number of hydrogen-bond donors (Lipinski definition) is 4. The molecular weight excluding hydrogens is 672 g/mol. The molecule has 53 heavy (non-hydrogen) atoms. The molecule has 1 heterocycles. The quantitative estimate of drug-likeness (QED) is 0.0296. The molecule has 0 aromatic rings. The summed E-state index contributed by atoms with van der Waals surface area (Å²) in [5.74, 6) is -0.362. The standard InChI is InChI=1S/C44H74O9/c1-3-5-7-9-11-13-15-17-19-21-23-25-27-29-31-33-40(46)52-38(37-51-44-43(49)42(48)41(47)39(35-45)53-44)36-50-34-32-30-28-26-24-22-20-18-16-14-12-10-8-6-4-2/h5,7,10-13,16-19,23,25,38-39,41-45,47-49H,3-4,6,8-9,14-15,20-22,24,26-37H2,1-2H3/b7-5-,12-10-,13-11-,18-16-,19-17-,25-23-. The lowest BCUT2D eigenvalue weighted by molar-refractivity contribution is -0.305. The van der Waals surface area contributed by atoms with Crippen LogP contribution in [0.4, 0.5) is 0 Å². The molecule has 0 spiro atoms. The SMILES string of the molecule is CC/C=C\C/C=C\C/C=C\C/C=C\CCCCC(=O)OC(COCCCCCCCC/C=C\C/C=C\CCCC)COC1OC(CO)C(O)C(O)C1O. The van der Waals surface area contributed by atoms with Gasteiger partial charge >= 0.3 is 5.97 Å². The number of esters is 1. The molecule has 1 aliphatic rings. The number of ether oxygens (including phenoxy) is 4. The Hall–Kier alpha value is -2.37. The zero-order valence-corrected chi connectivity index (χ0v) is 33.0. The van der Waals surface area contributed by atoms with Crippen molar-refractivity contribution >= 4 is 5.97 Å². The van der Waals surface area contributed by atoms with Gasteiger partial charge in [0, 0.05) is 13.0 Å². The van der Waals surface area contributed by atoms with Gasteiger partial charge in [0.2, 0.25) is 0 Å². The highest BCUT2D eigenvalue weighted by atomic mass is 16.7. The maximum atomic E-state index is 12.7. The molecule has 6 unspecified atom stereocenters. The molecule has 1 fully saturated rings. The average molecular weight is 747 g/mol. The van der Waals surface area contributed by atoms with Crippen LogP contribution in [0.3, 0.4) is 0 Å². The largest absolute Gasteiger partial charge is 0.457 e. The van der Waals surface area contributed by atoms with Gasteiger partial charge in [-0.25, -0.2) is 0 Å². The number of carbonyl (C=O) groups excluding carboxylic acids is 1. The Balaban J connectivity index is 2.36. The zero-order valence-electron chi connectivity index (χ0n) is 33.0. The number of unbranched alkanes of at least 4 members (excludes halogenated alkanes) is 10. The predicted octanol–water partition coefficient (Wildman–Crippen LogP) is 8.52. The molecule has 9 heteroatoms. The summed E-state index contributed by atoms with van der Waals surface area (Å²) in [5, 5.41) is 40.0. The van der Waals surface area contributed by atoms with Gasteiger partial charge in [0.25, 0.3) is 0 Å². The Morgan fingerprint density at radius 1 is 0.623 bits per heavy atom. The summed E-state index contributed by atoms with van der Waals surface area (Å²) in [4.78, 5) is 12.7. The van der Waals surface area contributed by atoms with Crippen LogP contribution in [0.2, 0.25) is 0 Å². The topological polar surface area (TPSA) is 135 Å². The first-order valence-electron chi connectivity index (χ1n) is 20.5. The van der Waals surface area contributed by atoms with Gasteiger partial charge in [0.1, 0.15) is 30.5 Å². The molecule has 0 aromatic carbocycles. The van der Waals surface area contributed by atoms with Crippen molar-refractivity contribution in [1.82, 2.24) is 0 Å². The van der Waals surface area contributed by atoms with Crippen molar-refractivity contribution in [2.75, 3.05) is 26.4 Å². The third-order valence-corrected chi connectivity index (χ3v) is 8.86. The maximum Gasteiger partial charge on any atom is 0.306 e. The number of hydrogen-bond acceptors (Lipinski definition) is 9. The summed E-state index contributed by atoms with van der Waals surface area (Å²) in [5.41, 5.74) is 0. The summed E-state index contributed by atoms with van der Waals surface area (Å²) in [6.07, 6.45) is 37.8. The number of carbonyl (C=O) groups is 1. The fourth-order valence-corrected chi connectivity index (χ4v) is 5.61. The van der Waals surface area contributed by atoms with E-state index >= 15 is 0 Å². The third-order valence-electron chi connectivity index (χ3n) is 8.86. The van der Waals surface area contributed by atoms with Gasteiger partial charge < -0.3 is 39.4 Å². The minimum atomic E-state index is -1.55. The summed E-state index contributed by atoms with van der Waals surface area (Å²) in [7, 11) is 0. The fraction of sp³-hybridized carbons (Fsp3) is 0.705. The molecule has 6 atom stereocenters. The first-order chi connectivity index (χ1) is 25.9. The molecule has 1 saturated heterocycles. The molecule has 304 valence electrons. The molecule has 9 nitrogen and oxygen atoms in total. The molecule has 0 aromatic heterocycles. The van der Waals surface area contributed by atoms with Crippen LogP contribution in [0.1, 0.15) is 136 Å². The minimum absolute atomic E-state index is 0.116. The molecule has 0 bridgehead atoms. The van der Waals surface area contributed by atoms with Gasteiger partial charge in [0.15, 0.2) is 6.29 Å². The van der Waals surface area contributed by atoms with Gasteiger partial charge in [-0.1, -0.05) is 125 Å². The minimum Gasteiger partial charge on any atom is -0.457 e. The summed E-state index contributed by atoms with van der Waals surface area (Å²) < 4.78 is 22.7. The lowest BCUT2D eigenvalue weighted by Gasteiger charge is -2.39. The fourth-order valence-electron chi connectivity index (χ4n) is 5.61. The summed E-state index contributed by atoms with van der Waals surface area (Å²) in [6, 6.07) is 0. The maximum absolute atomic E-state index is 12.7. The smallest absolute Gasteiger partial charge is 0.306 e. The van der Waals surface area contributed by atoms with Crippen LogP contribution < -0.4 is 0 Å². The Bertz CT molecular complexity index is 1030. The highest BCUT2D eigenvalue weighted by molar-refractivity contribution is 5.69. The van der Waals surface area contributed by atoms with E-state index in [4.69, 9.17) is 18.9 Å². The van der Waals surface area contributed by atoms with Crippen molar-refractivity contribution in [1.29, 1.82) is 0 Å². The van der Waals surface area contributed by atoms with Gasteiger partial charge in [-0.05, 0) is 77.0 Å². The van der Waals surface area contributed by atoms with Crippen LogP contribution in [-0.4, -0.2) is 89.6 Å². The molecule has 0 saturated carbocycles. The lowest BCUT2D eigenvalue weighted by Crippen LogP contribution is -2.59. The van der Waals surface area contributed by atoms with Crippen molar-refractivity contribution in [3.05, 3.63) is 72.9 Å². The second kappa shape index (κ2) is 35.3. The van der Waals surface area contributed by atoms with E-state index < -0.39 is 43.4 Å². The van der Waals surface area contributed by atoms with Crippen LogP contribution >= 0.6 is 0 Å². The molecule has 0 radical (unpaired) electrons. The monoisotopic (exact) mass is 747 g/mol. The number of rotatable bonds is 33. The van der Waals surface area contributed by atoms with Crippen molar-refractivity contribution in [2.24, 2.45) is 0 Å². The van der Waals surface area contributed by atoms with Crippen molar-refractivity contribution in [3.8, 4) is 0 Å². The number of aliphatic hydroxyl groups excluding tert-OH is 4. The third kappa shape index (κ3) is 27.0. The highest BCUT2D eigenvalue weighted by Gasteiger charge is 2.44. The van der Waals surface area contributed by atoms with Crippen LogP contribution in [0.15, 0.2) is 72.9 Å².